The van der Waals surface area contributed by atoms with Gasteiger partial charge in [-0.2, -0.15) is 10.1 Å². The third-order valence-corrected chi connectivity index (χ3v) is 7.45. The summed E-state index contributed by atoms with van der Waals surface area (Å²) < 4.78 is 14.1. The maximum atomic E-state index is 13.7. The van der Waals surface area contributed by atoms with Crippen LogP contribution in [0.1, 0.15) is 29.7 Å². The van der Waals surface area contributed by atoms with E-state index >= 15 is 0 Å². The van der Waals surface area contributed by atoms with Crippen LogP contribution in [0.2, 0.25) is 10.0 Å². The lowest BCUT2D eigenvalue weighted by molar-refractivity contribution is -0.113. The van der Waals surface area contributed by atoms with Crippen LogP contribution in [0.5, 0.6) is 11.5 Å². The standard InChI is InChI=1S/C28H24BrCl2N5O3/c1-15-5-4-6-20(9-15)35-27(37)24-16(2)34-28-32-14-33-36(28)25(24)18-10-21(29)26(23(11-18)38-3)39-13-17-7-8-19(30)12-22(17)31/h4-12,14,25H,13H2,1-3H3,(H,35,37)(H,32,33,34). The molecule has 1 aromatic heterocycles. The van der Waals surface area contributed by atoms with Crippen molar-refractivity contribution in [1.29, 1.82) is 0 Å². The van der Waals surface area contributed by atoms with Crippen LogP contribution in [0.4, 0.5) is 11.6 Å². The van der Waals surface area contributed by atoms with E-state index in [9.17, 15) is 4.79 Å². The van der Waals surface area contributed by atoms with E-state index in [1.165, 1.54) is 6.33 Å². The molecule has 0 spiro atoms. The van der Waals surface area contributed by atoms with Gasteiger partial charge in [-0.15, -0.1) is 0 Å². The van der Waals surface area contributed by atoms with Gasteiger partial charge in [-0.25, -0.2) is 4.68 Å². The molecule has 0 bridgehead atoms. The zero-order valence-electron chi connectivity index (χ0n) is 21.3. The Balaban J connectivity index is 1.51. The number of carbonyl (C=O) groups is 1. The molecule has 1 aliphatic rings. The number of ether oxygens (including phenoxy) is 2. The number of methoxy groups -OCH3 is 1. The zero-order chi connectivity index (χ0) is 27.7. The molecule has 4 aromatic rings. The summed E-state index contributed by atoms with van der Waals surface area (Å²) in [7, 11) is 1.56. The van der Waals surface area contributed by atoms with Gasteiger partial charge in [-0.05, 0) is 77.3 Å². The Kier molecular flexibility index (Phi) is 7.83. The molecule has 1 amide bonds. The number of nitrogens with zero attached hydrogens (tertiary/aromatic N) is 3. The maximum Gasteiger partial charge on any atom is 0.255 e. The summed E-state index contributed by atoms with van der Waals surface area (Å²) in [4.78, 5) is 18.0. The first-order valence-corrected chi connectivity index (χ1v) is 13.5. The molecule has 0 aliphatic carbocycles. The number of benzene rings is 3. The largest absolute Gasteiger partial charge is 0.493 e. The number of carbonyl (C=O) groups excluding carboxylic acids is 1. The number of amides is 1. The first kappa shape index (κ1) is 27.1. The first-order valence-electron chi connectivity index (χ1n) is 11.9. The minimum Gasteiger partial charge on any atom is -0.493 e. The van der Waals surface area contributed by atoms with Gasteiger partial charge in [-0.1, -0.05) is 41.4 Å². The summed E-state index contributed by atoms with van der Waals surface area (Å²) in [5.74, 6) is 1.23. The minimum atomic E-state index is -0.585. The van der Waals surface area contributed by atoms with Crippen molar-refractivity contribution < 1.29 is 14.3 Å². The van der Waals surface area contributed by atoms with Crippen LogP contribution in [0, 0.1) is 6.92 Å². The van der Waals surface area contributed by atoms with Crippen LogP contribution < -0.4 is 20.1 Å². The Morgan fingerprint density at radius 1 is 1.15 bits per heavy atom. The average molecular weight is 629 g/mol. The van der Waals surface area contributed by atoms with Gasteiger partial charge in [0, 0.05) is 27.0 Å². The number of rotatable bonds is 7. The van der Waals surface area contributed by atoms with Crippen molar-refractivity contribution in [2.24, 2.45) is 0 Å². The van der Waals surface area contributed by atoms with Crippen LogP contribution in [-0.2, 0) is 11.4 Å². The highest BCUT2D eigenvalue weighted by atomic mass is 79.9. The molecule has 39 heavy (non-hydrogen) atoms. The lowest BCUT2D eigenvalue weighted by Crippen LogP contribution is -2.31. The molecular formula is C28H24BrCl2N5O3. The molecule has 3 aromatic carbocycles. The third kappa shape index (κ3) is 5.61. The van der Waals surface area contributed by atoms with Gasteiger partial charge in [0.05, 0.1) is 17.2 Å². The highest BCUT2D eigenvalue weighted by Gasteiger charge is 2.34. The Morgan fingerprint density at radius 2 is 1.97 bits per heavy atom. The van der Waals surface area contributed by atoms with E-state index in [0.717, 1.165) is 16.7 Å². The highest BCUT2D eigenvalue weighted by molar-refractivity contribution is 9.10. The molecule has 2 heterocycles. The van der Waals surface area contributed by atoms with E-state index in [1.54, 1.807) is 23.9 Å². The fourth-order valence-corrected chi connectivity index (χ4v) is 5.48. The van der Waals surface area contributed by atoms with Crippen molar-refractivity contribution in [3.05, 3.63) is 103 Å². The Hall–Kier alpha value is -3.53. The van der Waals surface area contributed by atoms with Gasteiger partial charge in [0.15, 0.2) is 11.5 Å². The van der Waals surface area contributed by atoms with Crippen LogP contribution in [0.25, 0.3) is 0 Å². The zero-order valence-corrected chi connectivity index (χ0v) is 24.4. The Labute approximate surface area is 244 Å². The Morgan fingerprint density at radius 3 is 2.72 bits per heavy atom. The molecule has 200 valence electrons. The van der Waals surface area contributed by atoms with Gasteiger partial charge < -0.3 is 20.1 Å². The van der Waals surface area contributed by atoms with Crippen LogP contribution in [-0.4, -0.2) is 27.8 Å². The molecule has 11 heteroatoms. The number of hydrogen-bond acceptors (Lipinski definition) is 6. The molecule has 1 unspecified atom stereocenters. The van der Waals surface area contributed by atoms with E-state index < -0.39 is 6.04 Å². The smallest absolute Gasteiger partial charge is 0.255 e. The number of aryl methyl sites for hydroxylation is 1. The number of anilines is 2. The summed E-state index contributed by atoms with van der Waals surface area (Å²) in [5.41, 5.74) is 4.42. The van der Waals surface area contributed by atoms with Gasteiger partial charge in [0.1, 0.15) is 19.0 Å². The second-order valence-electron chi connectivity index (χ2n) is 8.98. The normalized spacial score (nSPS) is 14.5. The summed E-state index contributed by atoms with van der Waals surface area (Å²) in [6, 6.07) is 16.0. The topological polar surface area (TPSA) is 90.3 Å². The third-order valence-electron chi connectivity index (χ3n) is 6.27. The molecule has 0 saturated heterocycles. The summed E-state index contributed by atoms with van der Waals surface area (Å²) >= 11 is 16.0. The number of halogens is 3. The fourth-order valence-electron chi connectivity index (χ4n) is 4.44. The first-order chi connectivity index (χ1) is 18.7. The molecule has 1 atom stereocenters. The van der Waals surface area contributed by atoms with Gasteiger partial charge in [0.2, 0.25) is 5.95 Å². The van der Waals surface area contributed by atoms with Crippen LogP contribution >= 0.6 is 39.1 Å². The van der Waals surface area contributed by atoms with Crippen LogP contribution in [0.15, 0.2) is 76.7 Å². The molecular weight excluding hydrogens is 605 g/mol. The number of aromatic nitrogens is 3. The van der Waals surface area contributed by atoms with Crippen molar-refractivity contribution in [1.82, 2.24) is 14.8 Å². The summed E-state index contributed by atoms with van der Waals surface area (Å²) in [6.07, 6.45) is 1.45. The number of hydrogen-bond donors (Lipinski definition) is 2. The van der Waals surface area contributed by atoms with Crippen LogP contribution in [0.3, 0.4) is 0 Å². The average Bonchev–Trinajstić information content (AvgIpc) is 3.35. The minimum absolute atomic E-state index is 0.202. The molecule has 0 fully saturated rings. The lowest BCUT2D eigenvalue weighted by atomic mass is 9.94. The van der Waals surface area contributed by atoms with E-state index in [0.29, 0.717) is 48.9 Å². The number of allylic oxidation sites excluding steroid dienone is 1. The molecule has 0 radical (unpaired) electrons. The lowest BCUT2D eigenvalue weighted by Gasteiger charge is -2.29. The molecule has 8 nitrogen and oxygen atoms in total. The highest BCUT2D eigenvalue weighted by Crippen LogP contribution is 2.43. The van der Waals surface area contributed by atoms with Crippen molar-refractivity contribution in [2.45, 2.75) is 26.5 Å². The SMILES string of the molecule is COc1cc(C2C(C(=O)Nc3cccc(C)c3)=C(C)Nc3ncnn32)cc(Br)c1OCc1ccc(Cl)cc1Cl. The van der Waals surface area contributed by atoms with E-state index in [4.69, 9.17) is 32.7 Å². The maximum absolute atomic E-state index is 13.7. The van der Waals surface area contributed by atoms with Crippen molar-refractivity contribution in [2.75, 3.05) is 17.7 Å². The van der Waals surface area contributed by atoms with E-state index in [1.807, 2.05) is 56.3 Å². The quantitative estimate of drug-likeness (QED) is 0.225. The Bertz CT molecular complexity index is 1600. The molecule has 2 N–H and O–H groups in total. The van der Waals surface area contributed by atoms with E-state index in [2.05, 4.69) is 36.6 Å². The van der Waals surface area contributed by atoms with E-state index in [-0.39, 0.29) is 12.5 Å². The van der Waals surface area contributed by atoms with Crippen molar-refractivity contribution in [3.63, 3.8) is 0 Å². The summed E-state index contributed by atoms with van der Waals surface area (Å²) in [6.45, 7) is 4.02. The summed E-state index contributed by atoms with van der Waals surface area (Å²) in [5, 5.41) is 11.7. The van der Waals surface area contributed by atoms with Gasteiger partial charge in [-0.3, -0.25) is 4.79 Å². The second kappa shape index (κ2) is 11.3. The fraction of sp³-hybridized carbons (Fsp3) is 0.179. The number of fused-ring (bicyclic) bond motifs is 1. The predicted octanol–water partition coefficient (Wildman–Crippen LogP) is 7.17. The van der Waals surface area contributed by atoms with Crippen molar-refractivity contribution in [3.8, 4) is 11.5 Å². The molecule has 5 rings (SSSR count). The van der Waals surface area contributed by atoms with Gasteiger partial charge >= 0.3 is 0 Å². The predicted molar refractivity (Wildman–Crippen MR) is 156 cm³/mol. The van der Waals surface area contributed by atoms with Crippen molar-refractivity contribution >= 4 is 56.7 Å². The molecule has 1 aliphatic heterocycles. The monoisotopic (exact) mass is 627 g/mol. The van der Waals surface area contributed by atoms with Gasteiger partial charge in [0.25, 0.3) is 5.91 Å². The molecule has 0 saturated carbocycles. The number of nitrogens with one attached hydrogen (secondary N) is 2. The second-order valence-corrected chi connectivity index (χ2v) is 10.7.